The summed E-state index contributed by atoms with van der Waals surface area (Å²) in [5.74, 6) is -3.70. The number of hydrogen-bond acceptors (Lipinski definition) is 13. The number of aliphatic hydroxyl groups is 3. The van der Waals surface area contributed by atoms with E-state index < -0.39 is 87.6 Å². The molecule has 2 aliphatic rings. The molecule has 60 heavy (non-hydrogen) atoms. The molecular formula is C45H67NO13S. The number of esters is 1. The first kappa shape index (κ1) is 50.7. The van der Waals surface area contributed by atoms with E-state index in [-0.39, 0.29) is 40.5 Å². The number of allylic oxidation sites excluding steroid dienone is 6. The monoisotopic (exact) mass is 861 g/mol. The summed E-state index contributed by atoms with van der Waals surface area (Å²) in [6.07, 6.45) is 6.61. The van der Waals surface area contributed by atoms with E-state index in [0.717, 1.165) is 29.8 Å². The van der Waals surface area contributed by atoms with E-state index in [0.29, 0.717) is 18.4 Å². The first-order chi connectivity index (χ1) is 28.2. The number of nitrogens with zero attached hydrogens (tertiary/aromatic N) is 1. The normalized spacial score (nSPS) is 34.7. The number of cyclic esters (lactones) is 1. The smallest absolute Gasteiger partial charge is 0.373 e. The average Bonchev–Trinajstić information content (AvgIpc) is 3.20. The second-order valence-corrected chi connectivity index (χ2v) is 18.1. The van der Waals surface area contributed by atoms with Gasteiger partial charge in [0.15, 0.2) is 0 Å². The van der Waals surface area contributed by atoms with Gasteiger partial charge >= 0.3 is 5.97 Å². The fraction of sp³-hybridized carbons (Fsp3) is 0.622. The molecule has 0 bridgehead atoms. The van der Waals surface area contributed by atoms with Crippen molar-refractivity contribution < 1.29 is 56.6 Å². The Morgan fingerprint density at radius 3 is 2.27 bits per heavy atom. The van der Waals surface area contributed by atoms with Crippen molar-refractivity contribution in [3.8, 4) is 0 Å². The fourth-order valence-corrected chi connectivity index (χ4v) is 9.39. The molecule has 0 spiro atoms. The van der Waals surface area contributed by atoms with Gasteiger partial charge < -0.3 is 34.3 Å². The van der Waals surface area contributed by atoms with Crippen LogP contribution in [0.5, 0.6) is 0 Å². The molecule has 2 unspecified atom stereocenters. The van der Waals surface area contributed by atoms with Crippen LogP contribution >= 0.6 is 0 Å². The third-order valence-corrected chi connectivity index (χ3v) is 13.3. The molecule has 3 N–H and O–H groups in total. The van der Waals surface area contributed by atoms with Crippen LogP contribution in [0.3, 0.4) is 0 Å². The molecule has 2 heterocycles. The summed E-state index contributed by atoms with van der Waals surface area (Å²) in [5.41, 5.74) is 1.33. The molecule has 15 heteroatoms. The Bertz CT molecular complexity index is 1840. The first-order valence-electron chi connectivity index (χ1n) is 20.7. The van der Waals surface area contributed by atoms with Crippen LogP contribution in [0.25, 0.3) is 0 Å². The van der Waals surface area contributed by atoms with Gasteiger partial charge in [-0.2, -0.15) is 8.42 Å². The zero-order valence-corrected chi connectivity index (χ0v) is 37.7. The van der Waals surface area contributed by atoms with E-state index >= 15 is 0 Å². The van der Waals surface area contributed by atoms with E-state index in [1.807, 2.05) is 46.8 Å². The van der Waals surface area contributed by atoms with Crippen LogP contribution in [-0.4, -0.2) is 97.7 Å². The molecule has 14 atom stereocenters. The number of rotatable bonds is 12. The lowest BCUT2D eigenvalue weighted by molar-refractivity contribution is -0.384. The number of benzene rings is 1. The minimum atomic E-state index is -4.35. The van der Waals surface area contributed by atoms with Crippen LogP contribution in [0.1, 0.15) is 81.6 Å². The first-order valence-corrected chi connectivity index (χ1v) is 22.1. The number of aliphatic hydroxyl groups excluding tert-OH is 3. The lowest BCUT2D eigenvalue weighted by Gasteiger charge is -2.43. The largest absolute Gasteiger partial charge is 0.490 e. The molecule has 2 aliphatic heterocycles. The van der Waals surface area contributed by atoms with Crippen LogP contribution in [0.15, 0.2) is 88.6 Å². The maximum Gasteiger partial charge on any atom is 0.373 e. The molecule has 1 aromatic carbocycles. The number of nitro benzene ring substituents is 1. The lowest BCUT2D eigenvalue weighted by atomic mass is 9.79. The molecule has 1 aromatic rings. The van der Waals surface area contributed by atoms with Gasteiger partial charge in [-0.25, -0.2) is 4.79 Å². The predicted molar refractivity (Wildman–Crippen MR) is 228 cm³/mol. The molecule has 0 aliphatic carbocycles. The minimum Gasteiger partial charge on any atom is -0.490 e. The van der Waals surface area contributed by atoms with Crippen molar-refractivity contribution in [1.82, 2.24) is 0 Å². The Labute approximate surface area is 356 Å². The number of hydrogen-bond donors (Lipinski definition) is 3. The maximum absolute atomic E-state index is 13.9. The van der Waals surface area contributed by atoms with Gasteiger partial charge in [0.2, 0.25) is 5.76 Å². The second-order valence-electron chi connectivity index (χ2n) is 16.5. The molecule has 0 amide bonds. The predicted octanol–water partition coefficient (Wildman–Crippen LogP) is 7.00. The van der Waals surface area contributed by atoms with Crippen molar-refractivity contribution in [3.05, 3.63) is 93.8 Å². The Morgan fingerprint density at radius 2 is 1.70 bits per heavy atom. The summed E-state index contributed by atoms with van der Waals surface area (Å²) in [6, 6.07) is 4.45. The second kappa shape index (κ2) is 22.9. The Morgan fingerprint density at radius 1 is 1.05 bits per heavy atom. The van der Waals surface area contributed by atoms with Gasteiger partial charge in [0, 0.05) is 55.3 Å². The number of carbonyl (C=O) groups is 1. The van der Waals surface area contributed by atoms with Crippen molar-refractivity contribution in [2.45, 2.75) is 135 Å². The zero-order chi connectivity index (χ0) is 45.1. The summed E-state index contributed by atoms with van der Waals surface area (Å²) >= 11 is 0. The zero-order valence-electron chi connectivity index (χ0n) is 36.8. The van der Waals surface area contributed by atoms with Gasteiger partial charge in [-0.05, 0) is 57.7 Å². The Hall–Kier alpha value is -3.70. The van der Waals surface area contributed by atoms with Crippen LogP contribution in [-0.2, 0) is 38.0 Å². The highest BCUT2D eigenvalue weighted by Gasteiger charge is 2.45. The van der Waals surface area contributed by atoms with Crippen LogP contribution in [0.4, 0.5) is 5.69 Å². The number of carbonyl (C=O) groups excluding carboxylic acids is 1. The third kappa shape index (κ3) is 13.2. The van der Waals surface area contributed by atoms with E-state index in [9.17, 15) is 38.6 Å². The summed E-state index contributed by atoms with van der Waals surface area (Å²) < 4.78 is 56.7. The highest BCUT2D eigenvalue weighted by Crippen LogP contribution is 2.37. The van der Waals surface area contributed by atoms with Gasteiger partial charge in [-0.1, -0.05) is 89.1 Å². The summed E-state index contributed by atoms with van der Waals surface area (Å²) in [7, 11) is -1.54. The summed E-state index contributed by atoms with van der Waals surface area (Å²) in [5, 5.41) is 45.9. The van der Waals surface area contributed by atoms with E-state index in [2.05, 4.69) is 0 Å². The van der Waals surface area contributed by atoms with Crippen LogP contribution in [0.2, 0.25) is 0 Å². The molecule has 0 saturated carbocycles. The van der Waals surface area contributed by atoms with Crippen LogP contribution in [0, 0.1) is 45.6 Å². The average molecular weight is 862 g/mol. The highest BCUT2D eigenvalue weighted by atomic mass is 32.2. The van der Waals surface area contributed by atoms with Gasteiger partial charge in [-0.3, -0.25) is 14.3 Å². The maximum atomic E-state index is 13.9. The topological polar surface area (TPSA) is 201 Å². The molecule has 3 rings (SSSR count). The third-order valence-electron chi connectivity index (χ3n) is 12.0. The molecular weight excluding hydrogens is 795 g/mol. The SMILES string of the molecule is C/C=C/[C@H]1O[C@@H]([C@@H](C)[C@H](O)[C@H](C)C2OC(=O)/C(OC)=C/C(C)=C/[C@@H](C)[C@@H](O)C(CC)[C@@H](O)[C@H](C)C/C(C)=C/C=C[C@@H]2OC)C[C@@H](OS(=O)(=O)c2ccc([N+](=O)[O-])cc2)[C@@H]1C. The standard InChI is InChI=1S/C45H67NO13S/c1-12-15-36-30(7)39(59-60(53,54)34-20-18-33(19-21-34)46(51)52)25-38(57-36)31(8)43(49)32(9)44-37(55-10)17-14-16-26(3)22-28(5)41(47)35(13-2)42(48)29(6)23-27(4)24-40(56-11)45(50)58-44/h12,14-21,23-24,28-32,35-39,41-44,47-49H,13,22,25H2,1-11H3/b15-12+,17-14?,26-16+,27-23+,40-24-/t28-,29-,30-,31-,32+,35?,36-,37+,38-,39-,41+,42-,43+,44?/m1/s1. The molecule has 336 valence electrons. The van der Waals surface area contributed by atoms with Crippen LogP contribution < -0.4 is 0 Å². The van der Waals surface area contributed by atoms with Crippen molar-refractivity contribution >= 4 is 21.8 Å². The lowest BCUT2D eigenvalue weighted by Crippen LogP contribution is -2.51. The molecule has 14 nitrogen and oxygen atoms in total. The minimum absolute atomic E-state index is 0.0793. The Balaban J connectivity index is 2.01. The molecule has 1 saturated heterocycles. The number of non-ortho nitro benzene ring substituents is 1. The van der Waals surface area contributed by atoms with Crippen molar-refractivity contribution in [3.63, 3.8) is 0 Å². The molecule has 0 radical (unpaired) electrons. The number of ether oxygens (including phenoxy) is 4. The summed E-state index contributed by atoms with van der Waals surface area (Å²) in [6.45, 7) is 16.6. The highest BCUT2D eigenvalue weighted by molar-refractivity contribution is 7.86. The quantitative estimate of drug-likeness (QED) is 0.0638. The van der Waals surface area contributed by atoms with E-state index in [1.54, 1.807) is 52.0 Å². The van der Waals surface area contributed by atoms with Crippen molar-refractivity contribution in [2.24, 2.45) is 35.5 Å². The molecule has 0 aromatic heterocycles. The summed E-state index contributed by atoms with van der Waals surface area (Å²) in [4.78, 5) is 24.2. The van der Waals surface area contributed by atoms with E-state index in [1.165, 1.54) is 20.3 Å². The Kier molecular flexibility index (Phi) is 19.4. The number of nitro groups is 1. The van der Waals surface area contributed by atoms with Gasteiger partial charge in [-0.15, -0.1) is 0 Å². The van der Waals surface area contributed by atoms with Gasteiger partial charge in [0.25, 0.3) is 15.8 Å². The van der Waals surface area contributed by atoms with E-state index in [4.69, 9.17) is 23.1 Å². The van der Waals surface area contributed by atoms with Gasteiger partial charge in [0.1, 0.15) is 12.2 Å². The van der Waals surface area contributed by atoms with Crippen molar-refractivity contribution in [2.75, 3.05) is 14.2 Å². The fourth-order valence-electron chi connectivity index (χ4n) is 8.23. The molecule has 1 fully saturated rings. The van der Waals surface area contributed by atoms with Crippen molar-refractivity contribution in [1.29, 1.82) is 0 Å². The number of methoxy groups -OCH3 is 2. The van der Waals surface area contributed by atoms with Gasteiger partial charge in [0.05, 0.1) is 53.6 Å².